The van der Waals surface area contributed by atoms with Crippen molar-refractivity contribution >= 4 is 39.3 Å². The molecule has 2 aromatic rings. The Morgan fingerprint density at radius 1 is 1.18 bits per heavy atom. The van der Waals surface area contributed by atoms with E-state index in [9.17, 15) is 31.2 Å². The molecule has 2 rings (SSSR count). The summed E-state index contributed by atoms with van der Waals surface area (Å²) in [6.45, 7) is -0.856. The van der Waals surface area contributed by atoms with Crippen LogP contribution in [0.2, 0.25) is 0 Å². The van der Waals surface area contributed by atoms with Gasteiger partial charge in [-0.25, -0.2) is 22.7 Å². The van der Waals surface area contributed by atoms with Gasteiger partial charge in [0.05, 0.1) is 16.1 Å². The molecule has 0 spiro atoms. The third kappa shape index (κ3) is 5.97. The molecular weight excluding hydrogens is 421 g/mol. The number of esters is 1. The molecule has 3 N–H and O–H groups in total. The molecule has 0 saturated heterocycles. The molecule has 1 amide bonds. The molecule has 28 heavy (non-hydrogen) atoms. The second-order valence-corrected chi connectivity index (χ2v) is 7.78. The largest absolute Gasteiger partial charge is 0.452 e. The third-order valence-electron chi connectivity index (χ3n) is 3.20. The molecule has 0 aliphatic carbocycles. The zero-order valence-electron chi connectivity index (χ0n) is 13.9. The molecule has 0 aliphatic rings. The number of ether oxygens (including phenoxy) is 1. The maximum Gasteiger partial charge on any atom is 0.341 e. The summed E-state index contributed by atoms with van der Waals surface area (Å²) >= 11 is 0.220. The number of alkyl halides is 2. The number of nitrogens with two attached hydrogens (primary N) is 1. The molecule has 2 aromatic carbocycles. The highest BCUT2D eigenvalue weighted by molar-refractivity contribution is 7.99. The van der Waals surface area contributed by atoms with Crippen LogP contribution in [0.15, 0.2) is 52.3 Å². The van der Waals surface area contributed by atoms with Crippen molar-refractivity contribution in [1.82, 2.24) is 0 Å². The van der Waals surface area contributed by atoms with Gasteiger partial charge in [0.15, 0.2) is 6.61 Å². The van der Waals surface area contributed by atoms with Gasteiger partial charge in [0, 0.05) is 4.90 Å². The van der Waals surface area contributed by atoms with Gasteiger partial charge in [0.25, 0.3) is 11.7 Å². The minimum Gasteiger partial charge on any atom is -0.452 e. The summed E-state index contributed by atoms with van der Waals surface area (Å²) in [6.07, 6.45) is 0. The number of sulfonamides is 1. The topological polar surface area (TPSA) is 116 Å². The van der Waals surface area contributed by atoms with E-state index in [1.165, 1.54) is 24.3 Å². The van der Waals surface area contributed by atoms with E-state index in [1.807, 2.05) is 0 Å². The van der Waals surface area contributed by atoms with Gasteiger partial charge in [-0.15, -0.1) is 0 Å². The average Bonchev–Trinajstić information content (AvgIpc) is 2.60. The molecule has 0 atom stereocenters. The van der Waals surface area contributed by atoms with Crippen LogP contribution in [0.3, 0.4) is 0 Å². The Morgan fingerprint density at radius 3 is 2.50 bits per heavy atom. The van der Waals surface area contributed by atoms with Crippen LogP contribution in [0.4, 0.5) is 18.9 Å². The molecule has 0 unspecified atom stereocenters. The maximum absolute atomic E-state index is 13.7. The van der Waals surface area contributed by atoms with E-state index in [0.29, 0.717) is 12.1 Å². The fourth-order valence-electron chi connectivity index (χ4n) is 2.00. The second kappa shape index (κ2) is 9.08. The average molecular weight is 434 g/mol. The van der Waals surface area contributed by atoms with E-state index < -0.39 is 50.5 Å². The van der Waals surface area contributed by atoms with Crippen LogP contribution in [0, 0.1) is 5.82 Å². The zero-order valence-corrected chi connectivity index (χ0v) is 15.5. The maximum atomic E-state index is 13.7. The number of halogens is 3. The van der Waals surface area contributed by atoms with Gasteiger partial charge in [-0.2, -0.15) is 8.78 Å². The predicted octanol–water partition coefficient (Wildman–Crippen LogP) is 2.58. The van der Waals surface area contributed by atoms with Crippen molar-refractivity contribution in [2.45, 2.75) is 15.5 Å². The fraction of sp³-hybridized carbons (Fsp3) is 0.125. The Balaban J connectivity index is 2.05. The Kier molecular flexibility index (Phi) is 7.05. The van der Waals surface area contributed by atoms with Gasteiger partial charge < -0.3 is 10.1 Å². The Morgan fingerprint density at radius 2 is 1.86 bits per heavy atom. The number of primary sulfonamides is 1. The lowest BCUT2D eigenvalue weighted by Crippen LogP contribution is -2.22. The van der Waals surface area contributed by atoms with Crippen molar-refractivity contribution < 1.29 is 35.9 Å². The third-order valence-corrected chi connectivity index (χ3v) is 4.90. The van der Waals surface area contributed by atoms with Crippen LogP contribution < -0.4 is 10.5 Å². The van der Waals surface area contributed by atoms with E-state index in [2.05, 4.69) is 10.1 Å². The lowest BCUT2D eigenvalue weighted by atomic mass is 10.2. The summed E-state index contributed by atoms with van der Waals surface area (Å²) in [5.41, 5.74) is -0.649. The van der Waals surface area contributed by atoms with Crippen LogP contribution in [-0.4, -0.2) is 32.7 Å². The number of amides is 1. The number of rotatable bonds is 7. The van der Waals surface area contributed by atoms with Gasteiger partial charge in [-0.3, -0.25) is 4.79 Å². The highest BCUT2D eigenvalue weighted by Crippen LogP contribution is 2.31. The lowest BCUT2D eigenvalue weighted by molar-refractivity contribution is -0.119. The van der Waals surface area contributed by atoms with Gasteiger partial charge >= 0.3 is 5.97 Å². The normalized spacial score (nSPS) is 11.3. The first-order chi connectivity index (χ1) is 13.1. The number of carbonyl (C=O) groups is 2. The van der Waals surface area contributed by atoms with Crippen molar-refractivity contribution in [3.8, 4) is 0 Å². The quantitative estimate of drug-likeness (QED) is 0.511. The highest BCUT2D eigenvalue weighted by Gasteiger charge is 2.19. The van der Waals surface area contributed by atoms with Crippen LogP contribution in [-0.2, 0) is 19.6 Å². The molecule has 0 saturated carbocycles. The van der Waals surface area contributed by atoms with Gasteiger partial charge in [0.1, 0.15) is 5.82 Å². The van der Waals surface area contributed by atoms with E-state index in [1.54, 1.807) is 0 Å². The Hall–Kier alpha value is -2.57. The highest BCUT2D eigenvalue weighted by atomic mass is 32.2. The number of hydrogen-bond donors (Lipinski definition) is 2. The number of nitrogens with one attached hydrogen (secondary N) is 1. The summed E-state index contributed by atoms with van der Waals surface area (Å²) in [5, 5.41) is 7.20. The van der Waals surface area contributed by atoms with E-state index in [4.69, 9.17) is 5.14 Å². The molecule has 0 aromatic heterocycles. The smallest absolute Gasteiger partial charge is 0.341 e. The van der Waals surface area contributed by atoms with Gasteiger partial charge in [0.2, 0.25) is 10.0 Å². The molecule has 0 bridgehead atoms. The van der Waals surface area contributed by atoms with Crippen LogP contribution in [0.5, 0.6) is 0 Å². The first-order valence-electron chi connectivity index (χ1n) is 7.41. The van der Waals surface area contributed by atoms with Gasteiger partial charge in [-0.1, -0.05) is 23.9 Å². The SMILES string of the molecule is NS(=O)(=O)c1ccc(F)c(C(=O)OCC(=O)Nc2ccccc2SC(F)F)c1. The molecule has 12 heteroatoms. The first-order valence-corrected chi connectivity index (χ1v) is 9.83. The number of benzene rings is 2. The summed E-state index contributed by atoms with van der Waals surface area (Å²) in [5.74, 6) is -5.94. The number of thioether (sulfide) groups is 1. The molecule has 0 aliphatic heterocycles. The van der Waals surface area contributed by atoms with E-state index in [-0.39, 0.29) is 22.3 Å². The molecule has 150 valence electrons. The summed E-state index contributed by atoms with van der Waals surface area (Å²) in [4.78, 5) is 23.4. The second-order valence-electron chi connectivity index (χ2n) is 5.19. The zero-order chi connectivity index (χ0) is 20.9. The predicted molar refractivity (Wildman–Crippen MR) is 95.0 cm³/mol. The number of para-hydroxylation sites is 1. The van der Waals surface area contributed by atoms with Crippen molar-refractivity contribution in [3.05, 3.63) is 53.8 Å². The van der Waals surface area contributed by atoms with E-state index >= 15 is 0 Å². The molecule has 7 nitrogen and oxygen atoms in total. The summed E-state index contributed by atoms with van der Waals surface area (Å²) in [7, 11) is -4.18. The molecule has 0 fully saturated rings. The standard InChI is InChI=1S/C16H13F3N2O5S2/c17-11-6-5-9(28(20,24)25)7-10(11)15(23)26-8-14(22)21-12-3-1-2-4-13(12)27-16(18)19/h1-7,16H,8H2,(H,21,22)(H2,20,24,25). The lowest BCUT2D eigenvalue weighted by Gasteiger charge is -2.11. The van der Waals surface area contributed by atoms with Crippen LogP contribution >= 0.6 is 11.8 Å². The monoisotopic (exact) mass is 434 g/mol. The molecular formula is C16H13F3N2O5S2. The van der Waals surface area contributed by atoms with Crippen molar-refractivity contribution in [3.63, 3.8) is 0 Å². The van der Waals surface area contributed by atoms with E-state index in [0.717, 1.165) is 6.07 Å². The minimum absolute atomic E-state index is 0.0799. The summed E-state index contributed by atoms with van der Waals surface area (Å²) < 4.78 is 66.0. The van der Waals surface area contributed by atoms with Crippen molar-refractivity contribution in [2.24, 2.45) is 5.14 Å². The van der Waals surface area contributed by atoms with Gasteiger partial charge in [-0.05, 0) is 30.3 Å². The minimum atomic E-state index is -4.18. The Bertz CT molecular complexity index is 1000. The van der Waals surface area contributed by atoms with Crippen LogP contribution in [0.1, 0.15) is 10.4 Å². The fourth-order valence-corrected chi connectivity index (χ4v) is 3.14. The summed E-state index contributed by atoms with van der Waals surface area (Å²) in [6, 6.07) is 8.01. The Labute approximate surface area is 162 Å². The molecule has 0 heterocycles. The number of carbonyl (C=O) groups excluding carboxylic acids is 2. The van der Waals surface area contributed by atoms with Crippen LogP contribution in [0.25, 0.3) is 0 Å². The molecule has 0 radical (unpaired) electrons. The van der Waals surface area contributed by atoms with Crippen molar-refractivity contribution in [1.29, 1.82) is 0 Å². The number of hydrogen-bond acceptors (Lipinski definition) is 6. The first kappa shape index (κ1) is 21.7. The number of anilines is 1. The van der Waals surface area contributed by atoms with Crippen molar-refractivity contribution in [2.75, 3.05) is 11.9 Å².